The van der Waals surface area contributed by atoms with Crippen LogP contribution in [0.3, 0.4) is 0 Å². The summed E-state index contributed by atoms with van der Waals surface area (Å²) in [4.78, 5) is 27.5. The van der Waals surface area contributed by atoms with Crippen LogP contribution in [0.2, 0.25) is 5.02 Å². The van der Waals surface area contributed by atoms with Crippen LogP contribution in [0.5, 0.6) is 0 Å². The number of halogens is 1. The molecule has 4 rings (SSSR count). The van der Waals surface area contributed by atoms with E-state index in [1.807, 2.05) is 54.6 Å². The maximum Gasteiger partial charge on any atom is 0.337 e. The van der Waals surface area contributed by atoms with Crippen LogP contribution in [-0.4, -0.2) is 19.0 Å². The lowest BCUT2D eigenvalue weighted by atomic mass is 9.88. The van der Waals surface area contributed by atoms with Gasteiger partial charge in [0.15, 0.2) is 0 Å². The molecule has 0 radical (unpaired) electrons. The number of fused-ring (bicyclic) bond motifs is 1. The zero-order chi connectivity index (χ0) is 22.8. The number of anilines is 1. The molecule has 0 atom stereocenters. The predicted octanol–water partition coefficient (Wildman–Crippen LogP) is 6.24. The molecule has 0 bridgehead atoms. The molecule has 3 aromatic rings. The molecule has 0 aliphatic carbocycles. The second kappa shape index (κ2) is 9.01. The number of esters is 1. The summed E-state index contributed by atoms with van der Waals surface area (Å²) in [5.41, 5.74) is 5.78. The Balaban J connectivity index is 1.81. The van der Waals surface area contributed by atoms with Crippen molar-refractivity contribution in [2.45, 2.75) is 20.4 Å². The summed E-state index contributed by atoms with van der Waals surface area (Å²) < 4.78 is 4.83. The highest BCUT2D eigenvalue weighted by atomic mass is 35.5. The summed E-state index contributed by atoms with van der Waals surface area (Å²) in [7, 11) is 1.36. The first-order chi connectivity index (χ1) is 15.4. The van der Waals surface area contributed by atoms with E-state index < -0.39 is 5.97 Å². The smallest absolute Gasteiger partial charge is 0.337 e. The Morgan fingerprint density at radius 1 is 0.969 bits per heavy atom. The third-order valence-electron chi connectivity index (χ3n) is 5.61. The monoisotopic (exact) mass is 445 g/mol. The van der Waals surface area contributed by atoms with E-state index in [1.165, 1.54) is 7.11 Å². The largest absolute Gasteiger partial charge is 0.465 e. The summed E-state index contributed by atoms with van der Waals surface area (Å²) in [6, 6.07) is 22.6. The lowest BCUT2D eigenvalue weighted by molar-refractivity contribution is -0.113. The molecule has 0 saturated carbocycles. The quantitative estimate of drug-likeness (QED) is 0.345. The van der Waals surface area contributed by atoms with Crippen LogP contribution in [0.15, 0.2) is 72.8 Å². The van der Waals surface area contributed by atoms with E-state index in [-0.39, 0.29) is 11.8 Å². The van der Waals surface area contributed by atoms with E-state index in [9.17, 15) is 9.59 Å². The highest BCUT2D eigenvalue weighted by molar-refractivity contribution is 6.37. The van der Waals surface area contributed by atoms with E-state index in [1.54, 1.807) is 23.1 Å². The maximum atomic E-state index is 13.8. The summed E-state index contributed by atoms with van der Waals surface area (Å²) in [6.07, 6.45) is 0. The van der Waals surface area contributed by atoms with Crippen molar-refractivity contribution in [1.29, 1.82) is 0 Å². The lowest BCUT2D eigenvalue weighted by Crippen LogP contribution is -2.26. The zero-order valence-corrected chi connectivity index (χ0v) is 19.0. The predicted molar refractivity (Wildman–Crippen MR) is 129 cm³/mol. The first-order valence-corrected chi connectivity index (χ1v) is 10.9. The fourth-order valence-electron chi connectivity index (χ4n) is 4.19. The number of hydrogen-bond donors (Lipinski definition) is 0. The third-order valence-corrected chi connectivity index (χ3v) is 5.87. The Kier molecular flexibility index (Phi) is 6.15. The normalized spacial score (nSPS) is 14.5. The number of carbonyl (C=O) groups excluding carboxylic acids is 2. The van der Waals surface area contributed by atoms with Crippen molar-refractivity contribution in [3.63, 3.8) is 0 Å². The molecule has 0 spiro atoms. The molecule has 0 unspecified atom stereocenters. The highest BCUT2D eigenvalue weighted by Crippen LogP contribution is 2.43. The minimum absolute atomic E-state index is 0.0479. The van der Waals surface area contributed by atoms with Crippen molar-refractivity contribution < 1.29 is 14.3 Å². The number of ether oxygens (including phenoxy) is 1. The van der Waals surface area contributed by atoms with E-state index >= 15 is 0 Å². The van der Waals surface area contributed by atoms with Crippen LogP contribution in [0.4, 0.5) is 5.69 Å². The van der Waals surface area contributed by atoms with Gasteiger partial charge in [-0.1, -0.05) is 67.9 Å². The Labute approximate surface area is 193 Å². The number of carbonyl (C=O) groups is 2. The minimum Gasteiger partial charge on any atom is -0.465 e. The van der Waals surface area contributed by atoms with Gasteiger partial charge >= 0.3 is 5.97 Å². The van der Waals surface area contributed by atoms with Gasteiger partial charge in [-0.05, 0) is 52.9 Å². The number of amides is 1. The van der Waals surface area contributed by atoms with Crippen LogP contribution >= 0.6 is 11.6 Å². The van der Waals surface area contributed by atoms with Crippen molar-refractivity contribution in [3.8, 4) is 0 Å². The second-order valence-corrected chi connectivity index (χ2v) is 8.49. The van der Waals surface area contributed by atoms with Gasteiger partial charge in [0, 0.05) is 10.6 Å². The molecule has 162 valence electrons. The topological polar surface area (TPSA) is 46.6 Å². The number of benzene rings is 3. The van der Waals surface area contributed by atoms with Gasteiger partial charge in [0.25, 0.3) is 5.91 Å². The summed E-state index contributed by atoms with van der Waals surface area (Å²) >= 11 is 6.10. The van der Waals surface area contributed by atoms with Crippen LogP contribution in [0.1, 0.15) is 40.9 Å². The molecule has 0 fully saturated rings. The fourth-order valence-corrected chi connectivity index (χ4v) is 4.32. The molecule has 5 heteroatoms. The molecule has 1 aliphatic heterocycles. The van der Waals surface area contributed by atoms with Crippen LogP contribution in [0.25, 0.3) is 11.1 Å². The van der Waals surface area contributed by atoms with Gasteiger partial charge in [0.2, 0.25) is 0 Å². The summed E-state index contributed by atoms with van der Waals surface area (Å²) in [6.45, 7) is 4.54. The van der Waals surface area contributed by atoms with Gasteiger partial charge in [-0.3, -0.25) is 4.79 Å². The number of allylic oxidation sites excluding steroid dienone is 1. The molecule has 0 N–H and O–H groups in total. The van der Waals surface area contributed by atoms with E-state index in [2.05, 4.69) is 13.8 Å². The van der Waals surface area contributed by atoms with Crippen molar-refractivity contribution in [2.75, 3.05) is 12.0 Å². The van der Waals surface area contributed by atoms with Crippen molar-refractivity contribution >= 4 is 40.3 Å². The van der Waals surface area contributed by atoms with E-state index in [4.69, 9.17) is 16.3 Å². The highest BCUT2D eigenvalue weighted by Gasteiger charge is 2.35. The number of methoxy groups -OCH3 is 1. The van der Waals surface area contributed by atoms with Gasteiger partial charge in [0.05, 0.1) is 30.5 Å². The Morgan fingerprint density at radius 3 is 2.38 bits per heavy atom. The van der Waals surface area contributed by atoms with Crippen LogP contribution < -0.4 is 4.90 Å². The van der Waals surface area contributed by atoms with Gasteiger partial charge < -0.3 is 9.64 Å². The molecular formula is C27H24ClNO3. The number of nitrogens with zero attached hydrogens (tertiary/aromatic N) is 1. The molecule has 0 aromatic heterocycles. The van der Waals surface area contributed by atoms with E-state index in [0.29, 0.717) is 22.7 Å². The van der Waals surface area contributed by atoms with Gasteiger partial charge in [-0.2, -0.15) is 0 Å². The van der Waals surface area contributed by atoms with Crippen molar-refractivity contribution in [1.82, 2.24) is 0 Å². The Bertz CT molecular complexity index is 1210. The van der Waals surface area contributed by atoms with Gasteiger partial charge in [0.1, 0.15) is 0 Å². The second-order valence-electron chi connectivity index (χ2n) is 8.05. The Morgan fingerprint density at radius 2 is 1.69 bits per heavy atom. The molecular weight excluding hydrogens is 422 g/mol. The molecule has 0 saturated heterocycles. The SMILES string of the molecule is COC(=O)c1cccc(CN2C(=O)C(=C(c3ccc(Cl)cc3)C(C)C)c3ccccc32)c1. The molecule has 1 heterocycles. The van der Waals surface area contributed by atoms with Crippen LogP contribution in [-0.2, 0) is 16.1 Å². The Hall–Kier alpha value is -3.37. The molecule has 4 nitrogen and oxygen atoms in total. The van der Waals surface area contributed by atoms with Gasteiger partial charge in [-0.15, -0.1) is 0 Å². The number of hydrogen-bond acceptors (Lipinski definition) is 3. The summed E-state index contributed by atoms with van der Waals surface area (Å²) in [5.74, 6) is -0.315. The number of para-hydroxylation sites is 1. The average molecular weight is 446 g/mol. The average Bonchev–Trinajstić information content (AvgIpc) is 3.06. The van der Waals surface area contributed by atoms with Crippen LogP contribution in [0, 0.1) is 5.92 Å². The van der Waals surface area contributed by atoms with Crippen molar-refractivity contribution in [2.24, 2.45) is 5.92 Å². The lowest BCUT2D eigenvalue weighted by Gasteiger charge is -2.19. The van der Waals surface area contributed by atoms with E-state index in [0.717, 1.165) is 28.0 Å². The van der Waals surface area contributed by atoms with Gasteiger partial charge in [-0.25, -0.2) is 4.79 Å². The molecule has 1 amide bonds. The standard InChI is InChI=1S/C27H24ClNO3/c1-17(2)24(19-11-13-21(28)14-12-19)25-22-9-4-5-10-23(22)29(26(25)30)16-18-7-6-8-20(15-18)27(31)32-3/h4-15,17H,16H2,1-3H3. The first kappa shape index (κ1) is 21.8. The molecule has 1 aliphatic rings. The fraction of sp³-hybridized carbons (Fsp3) is 0.185. The third kappa shape index (κ3) is 4.06. The molecule has 3 aromatic carbocycles. The number of rotatable bonds is 5. The first-order valence-electron chi connectivity index (χ1n) is 10.5. The molecule has 32 heavy (non-hydrogen) atoms. The maximum absolute atomic E-state index is 13.8. The van der Waals surface area contributed by atoms with Crippen molar-refractivity contribution in [3.05, 3.63) is 100 Å². The zero-order valence-electron chi connectivity index (χ0n) is 18.3. The summed E-state index contributed by atoms with van der Waals surface area (Å²) in [5, 5.41) is 0.659. The minimum atomic E-state index is -0.398.